The van der Waals surface area contributed by atoms with Gasteiger partial charge in [-0.3, -0.25) is 9.59 Å². The van der Waals surface area contributed by atoms with Crippen molar-refractivity contribution in [2.45, 2.75) is 32.9 Å². The second-order valence-electron chi connectivity index (χ2n) is 10.2. The number of anilines is 1. The highest BCUT2D eigenvalue weighted by Gasteiger charge is 2.35. The summed E-state index contributed by atoms with van der Waals surface area (Å²) in [4.78, 5) is 29.1. The maximum absolute atomic E-state index is 14.9. The van der Waals surface area contributed by atoms with Gasteiger partial charge in [-0.15, -0.1) is 0 Å². The van der Waals surface area contributed by atoms with Crippen molar-refractivity contribution in [2.24, 2.45) is 5.92 Å². The first-order chi connectivity index (χ1) is 19.4. The lowest BCUT2D eigenvalue weighted by Gasteiger charge is -2.34. The molecule has 11 heteroatoms. The van der Waals surface area contributed by atoms with E-state index in [9.17, 15) is 22.4 Å². The first-order valence-electron chi connectivity index (χ1n) is 13.2. The molecular formula is C30H36ClFN4O4S. The minimum atomic E-state index is -4.29. The Morgan fingerprint density at radius 1 is 0.902 bits per heavy atom. The number of hydrogen-bond acceptors (Lipinski definition) is 4. The average Bonchev–Trinajstić information content (AvgIpc) is 2.94. The SMILES string of the molecule is CC(C)CNC(=O)C(Cc1ccccc1)N(Cc1ccc(Cl)cc1)C(=O)CN(c1ccccc1F)S(=O)(=O)N(C)C. The van der Waals surface area contributed by atoms with Crippen molar-refractivity contribution in [3.05, 3.63) is 101 Å². The molecule has 0 aliphatic rings. The van der Waals surface area contributed by atoms with Gasteiger partial charge >= 0.3 is 10.2 Å². The Balaban J connectivity index is 2.09. The Labute approximate surface area is 246 Å². The average molecular weight is 603 g/mol. The minimum Gasteiger partial charge on any atom is -0.354 e. The fourth-order valence-electron chi connectivity index (χ4n) is 4.12. The van der Waals surface area contributed by atoms with Crippen molar-refractivity contribution < 1.29 is 22.4 Å². The molecule has 3 aromatic carbocycles. The van der Waals surface area contributed by atoms with E-state index in [1.807, 2.05) is 44.2 Å². The van der Waals surface area contributed by atoms with Crippen LogP contribution in [0.25, 0.3) is 0 Å². The van der Waals surface area contributed by atoms with E-state index in [-0.39, 0.29) is 30.5 Å². The standard InChI is InChI=1S/C30H36ClFN4O4S/c1-22(2)19-33-30(38)28(18-23-10-6-5-7-11-23)35(20-24-14-16-25(31)17-15-24)29(37)21-36(41(39,40)34(3)4)27-13-9-8-12-26(27)32/h5-17,22,28H,18-21H2,1-4H3,(H,33,38). The number of para-hydroxylation sites is 1. The zero-order valence-corrected chi connectivity index (χ0v) is 25.2. The van der Waals surface area contributed by atoms with Gasteiger partial charge in [-0.25, -0.2) is 8.70 Å². The predicted octanol–water partition coefficient (Wildman–Crippen LogP) is 4.50. The Morgan fingerprint density at radius 2 is 1.51 bits per heavy atom. The van der Waals surface area contributed by atoms with Crippen LogP contribution in [0.15, 0.2) is 78.9 Å². The van der Waals surface area contributed by atoms with Gasteiger partial charge in [0.2, 0.25) is 11.8 Å². The molecule has 220 valence electrons. The van der Waals surface area contributed by atoms with E-state index in [1.165, 1.54) is 37.2 Å². The number of hydrogen-bond donors (Lipinski definition) is 1. The molecule has 41 heavy (non-hydrogen) atoms. The molecule has 3 aromatic rings. The first-order valence-corrected chi connectivity index (χ1v) is 15.0. The lowest BCUT2D eigenvalue weighted by Crippen LogP contribution is -2.54. The fourth-order valence-corrected chi connectivity index (χ4v) is 5.31. The van der Waals surface area contributed by atoms with Crippen molar-refractivity contribution in [1.29, 1.82) is 0 Å². The van der Waals surface area contributed by atoms with Crippen molar-refractivity contribution in [3.63, 3.8) is 0 Å². The molecule has 0 aliphatic heterocycles. The number of carbonyl (C=O) groups is 2. The third-order valence-corrected chi connectivity index (χ3v) is 8.42. The molecule has 0 radical (unpaired) electrons. The van der Waals surface area contributed by atoms with E-state index in [1.54, 1.807) is 24.3 Å². The number of benzene rings is 3. The molecule has 3 rings (SSSR count). The number of carbonyl (C=O) groups excluding carboxylic acids is 2. The van der Waals surface area contributed by atoms with E-state index >= 15 is 0 Å². The van der Waals surface area contributed by atoms with Crippen LogP contribution in [0.4, 0.5) is 10.1 Å². The molecular weight excluding hydrogens is 567 g/mol. The van der Waals surface area contributed by atoms with Gasteiger partial charge in [-0.05, 0) is 41.3 Å². The molecule has 0 fully saturated rings. The molecule has 0 saturated carbocycles. The van der Waals surface area contributed by atoms with Crippen LogP contribution in [0.1, 0.15) is 25.0 Å². The van der Waals surface area contributed by atoms with Crippen LogP contribution in [0.2, 0.25) is 5.02 Å². The van der Waals surface area contributed by atoms with Crippen LogP contribution >= 0.6 is 11.6 Å². The highest BCUT2D eigenvalue weighted by Crippen LogP contribution is 2.24. The summed E-state index contributed by atoms with van der Waals surface area (Å²) in [7, 11) is -1.68. The van der Waals surface area contributed by atoms with E-state index in [0.717, 1.165) is 20.2 Å². The van der Waals surface area contributed by atoms with Crippen LogP contribution in [0.3, 0.4) is 0 Å². The summed E-state index contributed by atoms with van der Waals surface area (Å²) in [5.41, 5.74) is 1.23. The number of halogens is 2. The molecule has 1 N–H and O–H groups in total. The van der Waals surface area contributed by atoms with Crippen LogP contribution < -0.4 is 9.62 Å². The molecule has 1 unspecified atom stereocenters. The molecule has 0 saturated heterocycles. The van der Waals surface area contributed by atoms with Crippen molar-refractivity contribution in [1.82, 2.24) is 14.5 Å². The molecule has 0 spiro atoms. The van der Waals surface area contributed by atoms with Gasteiger partial charge < -0.3 is 10.2 Å². The van der Waals surface area contributed by atoms with Crippen molar-refractivity contribution in [3.8, 4) is 0 Å². The van der Waals surface area contributed by atoms with E-state index in [0.29, 0.717) is 17.1 Å². The zero-order valence-electron chi connectivity index (χ0n) is 23.6. The zero-order chi connectivity index (χ0) is 30.2. The van der Waals surface area contributed by atoms with Crippen molar-refractivity contribution in [2.75, 3.05) is 31.5 Å². The largest absolute Gasteiger partial charge is 0.354 e. The molecule has 0 heterocycles. The first kappa shape index (κ1) is 32.0. The molecule has 2 amide bonds. The molecule has 0 aromatic heterocycles. The number of nitrogens with zero attached hydrogens (tertiary/aromatic N) is 3. The number of nitrogens with one attached hydrogen (secondary N) is 1. The summed E-state index contributed by atoms with van der Waals surface area (Å²) >= 11 is 6.08. The summed E-state index contributed by atoms with van der Waals surface area (Å²) < 4.78 is 43.2. The lowest BCUT2D eigenvalue weighted by atomic mass is 10.0. The minimum absolute atomic E-state index is 0.00424. The molecule has 0 bridgehead atoms. The number of rotatable bonds is 13. The Kier molecular flexibility index (Phi) is 11.3. The van der Waals surface area contributed by atoms with E-state index in [2.05, 4.69) is 5.32 Å². The van der Waals surface area contributed by atoms with Gasteiger partial charge in [-0.1, -0.05) is 80.0 Å². The smallest absolute Gasteiger partial charge is 0.304 e. The topological polar surface area (TPSA) is 90.0 Å². The summed E-state index contributed by atoms with van der Waals surface area (Å²) in [5, 5.41) is 3.43. The Bertz CT molecular complexity index is 1420. The predicted molar refractivity (Wildman–Crippen MR) is 160 cm³/mol. The summed E-state index contributed by atoms with van der Waals surface area (Å²) in [6, 6.07) is 20.4. The van der Waals surface area contributed by atoms with E-state index < -0.39 is 34.5 Å². The van der Waals surface area contributed by atoms with Gasteiger partial charge in [0.1, 0.15) is 18.4 Å². The third-order valence-electron chi connectivity index (χ3n) is 6.36. The van der Waals surface area contributed by atoms with Gasteiger partial charge in [0.05, 0.1) is 5.69 Å². The Morgan fingerprint density at radius 3 is 2.10 bits per heavy atom. The normalized spacial score (nSPS) is 12.3. The number of amides is 2. The van der Waals surface area contributed by atoms with Crippen LogP contribution in [-0.4, -0.2) is 62.7 Å². The Hall–Kier alpha value is -3.47. The van der Waals surface area contributed by atoms with Gasteiger partial charge in [-0.2, -0.15) is 12.7 Å². The summed E-state index contributed by atoms with van der Waals surface area (Å²) in [6.45, 7) is 3.58. The lowest BCUT2D eigenvalue weighted by molar-refractivity contribution is -0.140. The monoisotopic (exact) mass is 602 g/mol. The van der Waals surface area contributed by atoms with Crippen molar-refractivity contribution >= 4 is 39.3 Å². The van der Waals surface area contributed by atoms with Crippen LogP contribution in [0.5, 0.6) is 0 Å². The molecule has 8 nitrogen and oxygen atoms in total. The maximum Gasteiger partial charge on any atom is 0.304 e. The summed E-state index contributed by atoms with van der Waals surface area (Å²) in [6.07, 6.45) is 0.185. The van der Waals surface area contributed by atoms with Gasteiger partial charge in [0.25, 0.3) is 0 Å². The quantitative estimate of drug-likeness (QED) is 0.312. The highest BCUT2D eigenvalue weighted by molar-refractivity contribution is 7.90. The summed E-state index contributed by atoms with van der Waals surface area (Å²) in [5.74, 6) is -1.68. The van der Waals surface area contributed by atoms with E-state index in [4.69, 9.17) is 11.6 Å². The fraction of sp³-hybridized carbons (Fsp3) is 0.333. The van der Waals surface area contributed by atoms with Crippen LogP contribution in [0, 0.1) is 11.7 Å². The molecule has 0 aliphatic carbocycles. The second kappa shape index (κ2) is 14.4. The highest BCUT2D eigenvalue weighted by atomic mass is 35.5. The molecule has 1 atom stereocenters. The maximum atomic E-state index is 14.9. The third kappa shape index (κ3) is 8.76. The van der Waals surface area contributed by atoms with Gasteiger partial charge in [0, 0.05) is 38.6 Å². The second-order valence-corrected chi connectivity index (χ2v) is 12.7. The van der Waals surface area contributed by atoms with Crippen LogP contribution in [-0.2, 0) is 32.8 Å². The van der Waals surface area contributed by atoms with Gasteiger partial charge in [0.15, 0.2) is 0 Å².